The molecule has 0 aromatic rings. The van der Waals surface area contributed by atoms with E-state index in [9.17, 15) is 9.90 Å². The van der Waals surface area contributed by atoms with Crippen LogP contribution in [0.3, 0.4) is 0 Å². The zero-order valence-corrected chi connectivity index (χ0v) is 9.83. The summed E-state index contributed by atoms with van der Waals surface area (Å²) in [5, 5.41) is 9.73. The van der Waals surface area contributed by atoms with Gasteiger partial charge in [0.2, 0.25) is 0 Å². The number of rotatable bonds is 2. The van der Waals surface area contributed by atoms with Crippen LogP contribution in [-0.4, -0.2) is 46.4 Å². The Morgan fingerprint density at radius 2 is 2.38 bits per heavy atom. The molecular weight excluding hydrogens is 226 g/mol. The van der Waals surface area contributed by atoms with Gasteiger partial charge >= 0.3 is 5.97 Å². The fraction of sp³-hybridized carbons (Fsp3) is 0.727. The molecule has 16 heavy (non-hydrogen) atoms. The third-order valence-corrected chi connectivity index (χ3v) is 4.86. The lowest BCUT2D eigenvalue weighted by Gasteiger charge is -2.46. The molecule has 3 aliphatic heterocycles. The molecule has 0 aromatic heterocycles. The van der Waals surface area contributed by atoms with Gasteiger partial charge in [-0.1, -0.05) is 0 Å². The molecule has 3 rings (SSSR count). The molecule has 3 aliphatic rings. The first-order chi connectivity index (χ1) is 7.77. The van der Waals surface area contributed by atoms with Gasteiger partial charge < -0.3 is 14.7 Å². The van der Waals surface area contributed by atoms with Crippen LogP contribution in [0.2, 0.25) is 0 Å². The number of hydrogen-bond donors (Lipinski definition) is 1. The summed E-state index contributed by atoms with van der Waals surface area (Å²) in [6.07, 6.45) is 3.20. The number of nitrogens with zero attached hydrogens (tertiary/aromatic N) is 1. The minimum atomic E-state index is -0.782. The van der Waals surface area contributed by atoms with E-state index < -0.39 is 5.97 Å². The molecule has 2 saturated heterocycles. The van der Waals surface area contributed by atoms with Gasteiger partial charge in [-0.25, -0.2) is 4.79 Å². The standard InChI is InChI=1S/C11H15NO3S/c13-11(14)10-7(8-2-1-5-15-8)6-16-9-3-4-12(9)10/h8-9H,1-6H2,(H,13,14)/t8-,9?/m0/s1. The van der Waals surface area contributed by atoms with Gasteiger partial charge in [0.15, 0.2) is 0 Å². The Bertz CT molecular complexity index is 349. The summed E-state index contributed by atoms with van der Waals surface area (Å²) >= 11 is 1.85. The largest absolute Gasteiger partial charge is 0.477 e. The van der Waals surface area contributed by atoms with Gasteiger partial charge in [-0.05, 0) is 24.8 Å². The molecule has 4 nitrogen and oxygen atoms in total. The highest BCUT2D eigenvalue weighted by Crippen LogP contribution is 2.41. The lowest BCUT2D eigenvalue weighted by molar-refractivity contribution is -0.135. The van der Waals surface area contributed by atoms with Gasteiger partial charge in [-0.3, -0.25) is 0 Å². The Hall–Kier alpha value is -0.680. The Morgan fingerprint density at radius 1 is 1.50 bits per heavy atom. The molecule has 0 aromatic carbocycles. The van der Waals surface area contributed by atoms with E-state index in [0.717, 1.165) is 43.7 Å². The Morgan fingerprint density at radius 3 is 2.94 bits per heavy atom. The summed E-state index contributed by atoms with van der Waals surface area (Å²) in [4.78, 5) is 13.4. The molecule has 0 aliphatic carbocycles. The molecule has 0 bridgehead atoms. The van der Waals surface area contributed by atoms with Crippen LogP contribution in [0.1, 0.15) is 19.3 Å². The Kier molecular flexibility index (Phi) is 2.59. The first-order valence-electron chi connectivity index (χ1n) is 5.73. The normalized spacial score (nSPS) is 33.6. The lowest BCUT2D eigenvalue weighted by Crippen LogP contribution is -2.50. The van der Waals surface area contributed by atoms with Crippen molar-refractivity contribution in [3.05, 3.63) is 11.3 Å². The van der Waals surface area contributed by atoms with Crippen molar-refractivity contribution in [3.8, 4) is 0 Å². The van der Waals surface area contributed by atoms with Crippen LogP contribution in [0.4, 0.5) is 0 Å². The summed E-state index contributed by atoms with van der Waals surface area (Å²) in [5.74, 6) is 0.0449. The van der Waals surface area contributed by atoms with E-state index in [4.69, 9.17) is 4.74 Å². The highest BCUT2D eigenvalue weighted by molar-refractivity contribution is 8.00. The summed E-state index contributed by atoms with van der Waals surface area (Å²) in [6.45, 7) is 1.66. The third kappa shape index (κ3) is 1.53. The van der Waals surface area contributed by atoms with Crippen LogP contribution in [-0.2, 0) is 9.53 Å². The number of aliphatic carboxylic acids is 1. The maximum Gasteiger partial charge on any atom is 0.352 e. The summed E-state index contributed by atoms with van der Waals surface area (Å²) in [5.41, 5.74) is 1.54. The molecule has 0 saturated carbocycles. The lowest BCUT2D eigenvalue weighted by atomic mass is 10.0. The third-order valence-electron chi connectivity index (χ3n) is 3.51. The number of carbonyl (C=O) groups is 1. The molecule has 0 amide bonds. The first-order valence-corrected chi connectivity index (χ1v) is 6.78. The molecule has 5 heteroatoms. The van der Waals surface area contributed by atoms with Gasteiger partial charge in [0.25, 0.3) is 0 Å². The van der Waals surface area contributed by atoms with Gasteiger partial charge in [0.05, 0.1) is 11.5 Å². The predicted molar refractivity (Wildman–Crippen MR) is 61.2 cm³/mol. The van der Waals surface area contributed by atoms with E-state index in [-0.39, 0.29) is 6.10 Å². The fourth-order valence-electron chi connectivity index (χ4n) is 2.59. The first kappa shape index (κ1) is 10.5. The van der Waals surface area contributed by atoms with Crippen molar-refractivity contribution in [3.63, 3.8) is 0 Å². The molecule has 3 heterocycles. The van der Waals surface area contributed by atoms with Crippen molar-refractivity contribution in [1.29, 1.82) is 0 Å². The molecule has 88 valence electrons. The highest BCUT2D eigenvalue weighted by Gasteiger charge is 2.41. The van der Waals surface area contributed by atoms with E-state index in [1.165, 1.54) is 0 Å². The Balaban J connectivity index is 1.93. The molecule has 2 fully saturated rings. The minimum absolute atomic E-state index is 0.0557. The summed E-state index contributed by atoms with van der Waals surface area (Å²) in [6, 6.07) is 0. The molecule has 1 unspecified atom stereocenters. The molecule has 0 radical (unpaired) electrons. The van der Waals surface area contributed by atoms with Gasteiger partial charge in [0.1, 0.15) is 5.70 Å². The van der Waals surface area contributed by atoms with Crippen LogP contribution in [0.25, 0.3) is 0 Å². The highest BCUT2D eigenvalue weighted by atomic mass is 32.2. The SMILES string of the molecule is O=C(O)C1=C([C@@H]2CCCO2)CSC2CCN12. The number of ether oxygens (including phenoxy) is 1. The van der Waals surface area contributed by atoms with Crippen molar-refractivity contribution in [1.82, 2.24) is 4.90 Å². The second kappa shape index (κ2) is 3.96. The van der Waals surface area contributed by atoms with Crippen molar-refractivity contribution in [2.45, 2.75) is 30.7 Å². The van der Waals surface area contributed by atoms with E-state index >= 15 is 0 Å². The van der Waals surface area contributed by atoms with Crippen LogP contribution in [0.15, 0.2) is 11.3 Å². The average molecular weight is 241 g/mol. The average Bonchev–Trinajstić information content (AvgIpc) is 2.71. The maximum absolute atomic E-state index is 11.3. The molecule has 1 N–H and O–H groups in total. The van der Waals surface area contributed by atoms with Crippen molar-refractivity contribution >= 4 is 17.7 Å². The number of fused-ring (bicyclic) bond motifs is 1. The van der Waals surface area contributed by atoms with Crippen LogP contribution in [0, 0.1) is 0 Å². The van der Waals surface area contributed by atoms with Gasteiger partial charge in [-0.2, -0.15) is 0 Å². The van der Waals surface area contributed by atoms with E-state index in [0.29, 0.717) is 11.1 Å². The second-order valence-electron chi connectivity index (χ2n) is 4.43. The molecular formula is C11H15NO3S. The second-order valence-corrected chi connectivity index (χ2v) is 5.59. The fourth-order valence-corrected chi connectivity index (χ4v) is 3.95. The summed E-state index contributed by atoms with van der Waals surface area (Å²) < 4.78 is 5.62. The zero-order valence-electron chi connectivity index (χ0n) is 9.02. The number of carboxylic acids is 1. The van der Waals surface area contributed by atoms with Gasteiger partial charge in [0, 0.05) is 18.9 Å². The Labute approximate surface area is 98.6 Å². The number of carboxylic acid groups (broad SMARTS) is 1. The minimum Gasteiger partial charge on any atom is -0.477 e. The topological polar surface area (TPSA) is 49.8 Å². The van der Waals surface area contributed by atoms with Crippen LogP contribution in [0.5, 0.6) is 0 Å². The maximum atomic E-state index is 11.3. The number of thioether (sulfide) groups is 1. The number of hydrogen-bond acceptors (Lipinski definition) is 4. The predicted octanol–water partition coefficient (Wildman–Crippen LogP) is 1.28. The van der Waals surface area contributed by atoms with Gasteiger partial charge in [-0.15, -0.1) is 11.8 Å². The quantitative estimate of drug-likeness (QED) is 0.789. The summed E-state index contributed by atoms with van der Waals surface area (Å²) in [7, 11) is 0. The molecule has 0 spiro atoms. The zero-order chi connectivity index (χ0) is 11.1. The van der Waals surface area contributed by atoms with Crippen molar-refractivity contribution in [2.75, 3.05) is 18.9 Å². The monoisotopic (exact) mass is 241 g/mol. The van der Waals surface area contributed by atoms with Crippen LogP contribution >= 0.6 is 11.8 Å². The van der Waals surface area contributed by atoms with E-state index in [2.05, 4.69) is 0 Å². The van der Waals surface area contributed by atoms with E-state index in [1.807, 2.05) is 16.7 Å². The van der Waals surface area contributed by atoms with Crippen LogP contribution < -0.4 is 0 Å². The molecule has 2 atom stereocenters. The van der Waals surface area contributed by atoms with E-state index in [1.54, 1.807) is 0 Å². The van der Waals surface area contributed by atoms with Crippen molar-refractivity contribution < 1.29 is 14.6 Å². The van der Waals surface area contributed by atoms with Crippen molar-refractivity contribution in [2.24, 2.45) is 0 Å². The smallest absolute Gasteiger partial charge is 0.352 e.